The van der Waals surface area contributed by atoms with Crippen molar-refractivity contribution in [3.63, 3.8) is 0 Å². The van der Waals surface area contributed by atoms with Crippen molar-refractivity contribution in [1.29, 1.82) is 0 Å². The Morgan fingerprint density at radius 3 is 2.52 bits per heavy atom. The Hall–Kier alpha value is -2.97. The number of benzene rings is 2. The van der Waals surface area contributed by atoms with Gasteiger partial charge in [-0.05, 0) is 23.3 Å². The van der Waals surface area contributed by atoms with Crippen LogP contribution in [0, 0.1) is 0 Å². The number of nitrogens with one attached hydrogen (secondary N) is 1. The minimum Gasteiger partial charge on any atom is -0.463 e. The Morgan fingerprint density at radius 2 is 1.84 bits per heavy atom. The summed E-state index contributed by atoms with van der Waals surface area (Å²) in [5.74, 6) is -1.57. The van der Waals surface area contributed by atoms with Crippen molar-refractivity contribution in [2.75, 3.05) is 39.5 Å². The number of esters is 1. The lowest BCUT2D eigenvalue weighted by Crippen LogP contribution is -2.56. The van der Waals surface area contributed by atoms with Crippen LogP contribution < -0.4 is 5.32 Å². The maximum atomic E-state index is 13.2. The molecule has 164 valence electrons. The Balaban J connectivity index is 1.55. The van der Waals surface area contributed by atoms with Gasteiger partial charge >= 0.3 is 5.97 Å². The van der Waals surface area contributed by atoms with Crippen LogP contribution in [-0.4, -0.2) is 73.8 Å². The minimum atomic E-state index is -1.65. The highest BCUT2D eigenvalue weighted by molar-refractivity contribution is 6.10. The van der Waals surface area contributed by atoms with E-state index in [1.54, 1.807) is 11.8 Å². The molecule has 0 aliphatic carbocycles. The molecule has 0 radical (unpaired) electrons. The van der Waals surface area contributed by atoms with Gasteiger partial charge in [-0.1, -0.05) is 42.5 Å². The van der Waals surface area contributed by atoms with Gasteiger partial charge in [0.25, 0.3) is 11.5 Å². The van der Waals surface area contributed by atoms with E-state index in [2.05, 4.69) is 5.32 Å². The van der Waals surface area contributed by atoms with Gasteiger partial charge < -0.3 is 24.4 Å². The van der Waals surface area contributed by atoms with Crippen LogP contribution in [0.4, 0.5) is 0 Å². The normalized spacial score (nSPS) is 21.4. The molecule has 2 aromatic rings. The number of carbonyl (C=O) groups excluding carboxylic acids is 3. The maximum absolute atomic E-state index is 13.2. The standard InChI is InChI=1S/C23H26N2O6/c1-2-30-22(28)23(15-31-23)21(27)24-19(20(26)25-9-11-29-12-10-25)14-16-7-8-17-5-3-4-6-18(17)13-16/h3-8,13,19H,2,9-12,14-15H2,1H3,(H,24,27)/t19-,23-/m0/s1. The van der Waals surface area contributed by atoms with Gasteiger partial charge in [0.2, 0.25) is 5.91 Å². The minimum absolute atomic E-state index is 0.0495. The smallest absolute Gasteiger partial charge is 0.350 e. The van der Waals surface area contributed by atoms with Gasteiger partial charge in [0.1, 0.15) is 6.04 Å². The lowest BCUT2D eigenvalue weighted by atomic mass is 10.00. The number of hydrogen-bond donors (Lipinski definition) is 1. The number of fused-ring (bicyclic) bond motifs is 1. The molecule has 2 aliphatic rings. The summed E-state index contributed by atoms with van der Waals surface area (Å²) in [5, 5.41) is 4.91. The van der Waals surface area contributed by atoms with Gasteiger partial charge in [0, 0.05) is 19.5 Å². The van der Waals surface area contributed by atoms with Crippen molar-refractivity contribution < 1.29 is 28.6 Å². The first kappa shape index (κ1) is 21.3. The van der Waals surface area contributed by atoms with Gasteiger partial charge in [0.15, 0.2) is 0 Å². The molecule has 2 fully saturated rings. The highest BCUT2D eigenvalue weighted by atomic mass is 16.6. The molecular weight excluding hydrogens is 400 g/mol. The largest absolute Gasteiger partial charge is 0.463 e. The third-order valence-electron chi connectivity index (χ3n) is 5.58. The second-order valence-electron chi connectivity index (χ2n) is 7.69. The quantitative estimate of drug-likeness (QED) is 0.404. The summed E-state index contributed by atoms with van der Waals surface area (Å²) in [6, 6.07) is 13.1. The zero-order valence-corrected chi connectivity index (χ0v) is 17.5. The van der Waals surface area contributed by atoms with Crippen LogP contribution in [0.3, 0.4) is 0 Å². The van der Waals surface area contributed by atoms with Crippen LogP contribution in [-0.2, 0) is 35.0 Å². The first-order valence-electron chi connectivity index (χ1n) is 10.5. The van der Waals surface area contributed by atoms with Crippen LogP contribution in [0.5, 0.6) is 0 Å². The molecule has 2 aliphatic heterocycles. The number of ether oxygens (including phenoxy) is 3. The fourth-order valence-corrected chi connectivity index (χ4v) is 3.74. The van der Waals surface area contributed by atoms with Crippen molar-refractivity contribution in [2.45, 2.75) is 25.0 Å². The third-order valence-corrected chi connectivity index (χ3v) is 5.58. The van der Waals surface area contributed by atoms with Gasteiger partial charge in [-0.3, -0.25) is 9.59 Å². The number of carbonyl (C=O) groups is 3. The molecule has 0 unspecified atom stereocenters. The predicted molar refractivity (Wildman–Crippen MR) is 112 cm³/mol. The summed E-state index contributed by atoms with van der Waals surface area (Å²) >= 11 is 0. The van der Waals surface area contributed by atoms with Crippen molar-refractivity contribution in [3.8, 4) is 0 Å². The number of amides is 2. The Kier molecular flexibility index (Phi) is 6.20. The highest BCUT2D eigenvalue weighted by Gasteiger charge is 2.61. The molecule has 8 nitrogen and oxygen atoms in total. The SMILES string of the molecule is CCOC(=O)[C@@]1(C(=O)N[C@@H](Cc2ccc3ccccc3c2)C(=O)N2CCOCC2)CO1. The second-order valence-corrected chi connectivity index (χ2v) is 7.69. The van der Waals surface area contributed by atoms with Crippen molar-refractivity contribution >= 4 is 28.6 Å². The molecule has 2 heterocycles. The fraction of sp³-hybridized carbons (Fsp3) is 0.435. The lowest BCUT2D eigenvalue weighted by molar-refractivity contribution is -0.155. The van der Waals surface area contributed by atoms with E-state index in [1.165, 1.54) is 0 Å². The molecule has 0 bridgehead atoms. The average Bonchev–Trinajstić information content (AvgIpc) is 3.61. The van der Waals surface area contributed by atoms with E-state index < -0.39 is 23.5 Å². The maximum Gasteiger partial charge on any atom is 0.350 e. The Morgan fingerprint density at radius 1 is 1.13 bits per heavy atom. The van der Waals surface area contributed by atoms with Crippen LogP contribution in [0.1, 0.15) is 12.5 Å². The highest BCUT2D eigenvalue weighted by Crippen LogP contribution is 2.29. The molecule has 0 aromatic heterocycles. The van der Waals surface area contributed by atoms with Gasteiger partial charge in [-0.2, -0.15) is 0 Å². The number of rotatable bonds is 7. The third kappa shape index (κ3) is 4.55. The van der Waals surface area contributed by atoms with Crippen molar-refractivity contribution in [2.24, 2.45) is 0 Å². The molecule has 1 N–H and O–H groups in total. The first-order valence-corrected chi connectivity index (χ1v) is 10.5. The van der Waals surface area contributed by atoms with Crippen LogP contribution in [0.25, 0.3) is 10.8 Å². The van der Waals surface area contributed by atoms with E-state index in [4.69, 9.17) is 14.2 Å². The van der Waals surface area contributed by atoms with Crippen LogP contribution in [0.2, 0.25) is 0 Å². The topological polar surface area (TPSA) is 97.5 Å². The molecule has 2 aromatic carbocycles. The van der Waals surface area contributed by atoms with Crippen molar-refractivity contribution in [1.82, 2.24) is 10.2 Å². The Labute approximate surface area is 180 Å². The predicted octanol–water partition coefficient (Wildman–Crippen LogP) is 1.06. The van der Waals surface area contributed by atoms with E-state index in [1.807, 2.05) is 42.5 Å². The summed E-state index contributed by atoms with van der Waals surface area (Å²) in [6.45, 7) is 3.59. The van der Waals surface area contributed by atoms with Gasteiger partial charge in [-0.15, -0.1) is 0 Å². The number of hydrogen-bond acceptors (Lipinski definition) is 6. The van der Waals surface area contributed by atoms with Gasteiger partial charge in [-0.25, -0.2) is 4.79 Å². The van der Waals surface area contributed by atoms with E-state index >= 15 is 0 Å². The number of epoxide rings is 1. The van der Waals surface area contributed by atoms with E-state index in [-0.39, 0.29) is 19.1 Å². The molecule has 8 heteroatoms. The number of morpholine rings is 1. The zero-order valence-electron chi connectivity index (χ0n) is 17.5. The summed E-state index contributed by atoms with van der Waals surface area (Å²) in [5.41, 5.74) is -0.740. The molecule has 0 spiro atoms. The molecule has 4 rings (SSSR count). The first-order chi connectivity index (χ1) is 15.0. The molecule has 31 heavy (non-hydrogen) atoms. The van der Waals surface area contributed by atoms with Gasteiger partial charge in [0.05, 0.1) is 26.4 Å². The molecule has 0 saturated carbocycles. The zero-order chi connectivity index (χ0) is 21.8. The molecule has 2 saturated heterocycles. The van der Waals surface area contributed by atoms with E-state index in [0.29, 0.717) is 32.7 Å². The Bertz CT molecular complexity index is 981. The van der Waals surface area contributed by atoms with E-state index in [9.17, 15) is 14.4 Å². The van der Waals surface area contributed by atoms with Crippen molar-refractivity contribution in [3.05, 3.63) is 48.0 Å². The second kappa shape index (κ2) is 9.03. The monoisotopic (exact) mass is 426 g/mol. The number of nitrogens with zero attached hydrogens (tertiary/aromatic N) is 1. The fourth-order valence-electron chi connectivity index (χ4n) is 3.74. The lowest BCUT2D eigenvalue weighted by Gasteiger charge is -2.31. The summed E-state index contributed by atoms with van der Waals surface area (Å²) in [7, 11) is 0. The molecule has 2 amide bonds. The summed E-state index contributed by atoms with van der Waals surface area (Å²) in [4.78, 5) is 40.0. The van der Waals surface area contributed by atoms with Crippen LogP contribution in [0.15, 0.2) is 42.5 Å². The molecule has 2 atom stereocenters. The molecular formula is C23H26N2O6. The summed E-state index contributed by atoms with van der Waals surface area (Å²) in [6.07, 6.45) is 0.297. The summed E-state index contributed by atoms with van der Waals surface area (Å²) < 4.78 is 15.5. The average molecular weight is 426 g/mol. The van der Waals surface area contributed by atoms with Crippen LogP contribution >= 0.6 is 0 Å². The van der Waals surface area contributed by atoms with E-state index in [0.717, 1.165) is 16.3 Å².